The van der Waals surface area contributed by atoms with Gasteiger partial charge in [-0.25, -0.2) is 9.97 Å². The largest absolute Gasteiger partial charge is 0.477 e. The van der Waals surface area contributed by atoms with Crippen molar-refractivity contribution in [2.24, 2.45) is 5.92 Å². The molecule has 0 atom stereocenters. The number of anilines is 1. The zero-order valence-electron chi connectivity index (χ0n) is 10.2. The first-order valence-corrected chi connectivity index (χ1v) is 5.87. The van der Waals surface area contributed by atoms with E-state index in [2.05, 4.69) is 29.1 Å². The van der Waals surface area contributed by atoms with Gasteiger partial charge in [-0.2, -0.15) is 0 Å². The SMILES string of the molecule is CNc1ncnc(OCC2CC2)c1C(C)C. The maximum absolute atomic E-state index is 5.77. The predicted molar refractivity (Wildman–Crippen MR) is 63.9 cm³/mol. The molecule has 0 amide bonds. The van der Waals surface area contributed by atoms with Crippen LogP contribution in [0.25, 0.3) is 0 Å². The van der Waals surface area contributed by atoms with E-state index in [9.17, 15) is 0 Å². The molecule has 0 radical (unpaired) electrons. The van der Waals surface area contributed by atoms with E-state index in [-0.39, 0.29) is 0 Å². The molecule has 0 bridgehead atoms. The van der Waals surface area contributed by atoms with Crippen molar-refractivity contribution in [3.8, 4) is 5.88 Å². The highest BCUT2D eigenvalue weighted by Gasteiger charge is 2.23. The molecule has 0 saturated heterocycles. The molecule has 1 heterocycles. The Balaban J connectivity index is 2.19. The quantitative estimate of drug-likeness (QED) is 0.829. The van der Waals surface area contributed by atoms with Crippen LogP contribution in [0.2, 0.25) is 0 Å². The molecule has 1 aromatic heterocycles. The molecule has 1 fully saturated rings. The number of nitrogens with zero attached hydrogens (tertiary/aromatic N) is 2. The van der Waals surface area contributed by atoms with E-state index in [0.717, 1.165) is 29.8 Å². The Bertz CT molecular complexity index is 361. The van der Waals surface area contributed by atoms with Gasteiger partial charge < -0.3 is 10.1 Å². The molecule has 1 N–H and O–H groups in total. The van der Waals surface area contributed by atoms with Crippen molar-refractivity contribution in [3.63, 3.8) is 0 Å². The molecule has 4 heteroatoms. The summed E-state index contributed by atoms with van der Waals surface area (Å²) in [6, 6.07) is 0. The molecule has 2 rings (SSSR count). The average Bonchev–Trinajstić information content (AvgIpc) is 3.09. The van der Waals surface area contributed by atoms with Crippen LogP contribution in [0.15, 0.2) is 6.33 Å². The van der Waals surface area contributed by atoms with Crippen LogP contribution in [0.5, 0.6) is 5.88 Å². The molecule has 1 aliphatic rings. The first-order chi connectivity index (χ1) is 7.72. The van der Waals surface area contributed by atoms with Crippen LogP contribution in [0.1, 0.15) is 38.2 Å². The van der Waals surface area contributed by atoms with Gasteiger partial charge in [0, 0.05) is 7.05 Å². The van der Waals surface area contributed by atoms with Gasteiger partial charge in [-0.3, -0.25) is 0 Å². The van der Waals surface area contributed by atoms with Crippen molar-refractivity contribution >= 4 is 5.82 Å². The van der Waals surface area contributed by atoms with Gasteiger partial charge in [0.05, 0.1) is 12.2 Å². The second kappa shape index (κ2) is 4.68. The van der Waals surface area contributed by atoms with Crippen molar-refractivity contribution in [1.29, 1.82) is 0 Å². The summed E-state index contributed by atoms with van der Waals surface area (Å²) in [5, 5.41) is 3.09. The van der Waals surface area contributed by atoms with Gasteiger partial charge in [-0.15, -0.1) is 0 Å². The highest BCUT2D eigenvalue weighted by atomic mass is 16.5. The topological polar surface area (TPSA) is 47.0 Å². The Labute approximate surface area is 96.4 Å². The normalized spacial score (nSPS) is 15.2. The van der Waals surface area contributed by atoms with Gasteiger partial charge >= 0.3 is 0 Å². The Morgan fingerprint density at radius 1 is 1.44 bits per heavy atom. The minimum atomic E-state index is 0.359. The fraction of sp³-hybridized carbons (Fsp3) is 0.667. The van der Waals surface area contributed by atoms with Crippen LogP contribution in [-0.4, -0.2) is 23.6 Å². The lowest BCUT2D eigenvalue weighted by atomic mass is 10.1. The lowest BCUT2D eigenvalue weighted by Gasteiger charge is -2.15. The van der Waals surface area contributed by atoms with E-state index in [0.29, 0.717) is 5.92 Å². The van der Waals surface area contributed by atoms with Gasteiger partial charge in [0.25, 0.3) is 0 Å². The van der Waals surface area contributed by atoms with E-state index in [4.69, 9.17) is 4.74 Å². The second-order valence-corrected chi connectivity index (χ2v) is 4.60. The van der Waals surface area contributed by atoms with Crippen LogP contribution in [0.4, 0.5) is 5.82 Å². The van der Waals surface area contributed by atoms with Gasteiger partial charge in [-0.05, 0) is 24.7 Å². The fourth-order valence-corrected chi connectivity index (χ4v) is 1.70. The van der Waals surface area contributed by atoms with Crippen LogP contribution in [-0.2, 0) is 0 Å². The molecule has 0 unspecified atom stereocenters. The molecular weight excluding hydrogens is 202 g/mol. The van der Waals surface area contributed by atoms with Gasteiger partial charge in [0.1, 0.15) is 12.1 Å². The molecule has 1 aromatic rings. The Morgan fingerprint density at radius 2 is 2.19 bits per heavy atom. The summed E-state index contributed by atoms with van der Waals surface area (Å²) in [6.45, 7) is 5.05. The summed E-state index contributed by atoms with van der Waals surface area (Å²) >= 11 is 0. The van der Waals surface area contributed by atoms with Crippen molar-refractivity contribution < 1.29 is 4.74 Å². The number of aromatic nitrogens is 2. The second-order valence-electron chi connectivity index (χ2n) is 4.60. The minimum absolute atomic E-state index is 0.359. The lowest BCUT2D eigenvalue weighted by Crippen LogP contribution is -2.08. The minimum Gasteiger partial charge on any atom is -0.477 e. The molecule has 0 aliphatic heterocycles. The Kier molecular flexibility index (Phi) is 3.27. The molecule has 0 spiro atoms. The van der Waals surface area contributed by atoms with Gasteiger partial charge in [0.2, 0.25) is 5.88 Å². The summed E-state index contributed by atoms with van der Waals surface area (Å²) < 4.78 is 5.77. The smallest absolute Gasteiger partial charge is 0.222 e. The number of hydrogen-bond acceptors (Lipinski definition) is 4. The predicted octanol–water partition coefficient (Wildman–Crippen LogP) is 2.43. The number of nitrogens with one attached hydrogen (secondary N) is 1. The molecule has 88 valence electrons. The first kappa shape index (κ1) is 11.2. The van der Waals surface area contributed by atoms with E-state index < -0.39 is 0 Å². The number of ether oxygens (including phenoxy) is 1. The lowest BCUT2D eigenvalue weighted by molar-refractivity contribution is 0.284. The third kappa shape index (κ3) is 2.43. The fourth-order valence-electron chi connectivity index (χ4n) is 1.70. The Hall–Kier alpha value is -1.32. The third-order valence-electron chi connectivity index (χ3n) is 2.81. The molecule has 4 nitrogen and oxygen atoms in total. The highest BCUT2D eigenvalue weighted by molar-refractivity contribution is 5.50. The summed E-state index contributed by atoms with van der Waals surface area (Å²) in [6.07, 6.45) is 4.14. The van der Waals surface area contributed by atoms with Gasteiger partial charge in [-0.1, -0.05) is 13.8 Å². The first-order valence-electron chi connectivity index (χ1n) is 5.87. The van der Waals surface area contributed by atoms with E-state index in [1.165, 1.54) is 12.8 Å². The van der Waals surface area contributed by atoms with E-state index in [1.807, 2.05) is 7.05 Å². The van der Waals surface area contributed by atoms with Crippen LogP contribution in [0.3, 0.4) is 0 Å². The van der Waals surface area contributed by atoms with Crippen LogP contribution in [0, 0.1) is 5.92 Å². The molecule has 1 aliphatic carbocycles. The Morgan fingerprint density at radius 3 is 2.75 bits per heavy atom. The third-order valence-corrected chi connectivity index (χ3v) is 2.81. The monoisotopic (exact) mass is 221 g/mol. The highest BCUT2D eigenvalue weighted by Crippen LogP contribution is 2.33. The summed E-state index contributed by atoms with van der Waals surface area (Å²) in [5.74, 6) is 2.71. The van der Waals surface area contributed by atoms with Crippen molar-refractivity contribution in [2.45, 2.75) is 32.6 Å². The maximum atomic E-state index is 5.77. The maximum Gasteiger partial charge on any atom is 0.222 e. The van der Waals surface area contributed by atoms with Gasteiger partial charge in [0.15, 0.2) is 0 Å². The molecule has 0 aromatic carbocycles. The zero-order chi connectivity index (χ0) is 11.5. The number of hydrogen-bond donors (Lipinski definition) is 1. The van der Waals surface area contributed by atoms with Crippen molar-refractivity contribution in [3.05, 3.63) is 11.9 Å². The van der Waals surface area contributed by atoms with Crippen LogP contribution < -0.4 is 10.1 Å². The summed E-state index contributed by atoms with van der Waals surface area (Å²) in [4.78, 5) is 8.45. The molecule has 1 saturated carbocycles. The summed E-state index contributed by atoms with van der Waals surface area (Å²) in [5.41, 5.74) is 1.07. The van der Waals surface area contributed by atoms with Crippen molar-refractivity contribution in [1.82, 2.24) is 9.97 Å². The molecule has 16 heavy (non-hydrogen) atoms. The standard InChI is InChI=1S/C12H19N3O/c1-8(2)10-11(13-3)14-7-15-12(10)16-6-9-4-5-9/h7-9H,4-6H2,1-3H3,(H,13,14,15). The van der Waals surface area contributed by atoms with E-state index in [1.54, 1.807) is 6.33 Å². The number of rotatable bonds is 5. The van der Waals surface area contributed by atoms with Crippen LogP contribution >= 0.6 is 0 Å². The average molecular weight is 221 g/mol. The zero-order valence-corrected chi connectivity index (χ0v) is 10.2. The van der Waals surface area contributed by atoms with E-state index >= 15 is 0 Å². The molecular formula is C12H19N3O. The van der Waals surface area contributed by atoms with Crippen molar-refractivity contribution in [2.75, 3.05) is 19.0 Å². The summed E-state index contributed by atoms with van der Waals surface area (Å²) in [7, 11) is 1.87.